The van der Waals surface area contributed by atoms with Crippen molar-refractivity contribution in [3.63, 3.8) is 0 Å². The summed E-state index contributed by atoms with van der Waals surface area (Å²) in [7, 11) is 0. The van der Waals surface area contributed by atoms with E-state index in [1.807, 2.05) is 0 Å². The largest absolute Gasteiger partial charge is 0.281 e. The highest BCUT2D eigenvalue weighted by molar-refractivity contribution is 6.42. The number of carbonyl (C=O) groups excluding carboxylic acids is 2. The summed E-state index contributed by atoms with van der Waals surface area (Å²) in [6.07, 6.45) is 0. The molecule has 0 aliphatic rings. The normalized spacial score (nSPS) is 11.3. The van der Waals surface area contributed by atoms with E-state index in [2.05, 4.69) is 20.6 Å². The number of nitrogens with zero attached hydrogens (tertiary/aromatic N) is 6. The van der Waals surface area contributed by atoms with Crippen molar-refractivity contribution >= 4 is 57.1 Å². The van der Waals surface area contributed by atoms with Gasteiger partial charge in [0.2, 0.25) is 0 Å². The molecule has 10 heteroatoms. The molecule has 5 rings (SSSR count). The van der Waals surface area contributed by atoms with Crippen LogP contribution in [0.2, 0.25) is 10.0 Å². The summed E-state index contributed by atoms with van der Waals surface area (Å²) in [5.41, 5.74) is 2.12. The van der Waals surface area contributed by atoms with E-state index in [4.69, 9.17) is 23.2 Å². The van der Waals surface area contributed by atoms with E-state index in [9.17, 15) is 9.59 Å². The van der Waals surface area contributed by atoms with Gasteiger partial charge in [-0.1, -0.05) is 57.9 Å². The van der Waals surface area contributed by atoms with Gasteiger partial charge >= 0.3 is 0 Å². The lowest BCUT2D eigenvalue weighted by molar-refractivity contribution is 0.0914. The SMILES string of the molecule is O=C(c1cc(Cl)c(Cl)cc1C(=O)n1nnc2ccccc21)n1nnc2ccccc21. The second-order valence-electron chi connectivity index (χ2n) is 6.40. The lowest BCUT2D eigenvalue weighted by atomic mass is 10.1. The molecule has 8 nitrogen and oxygen atoms in total. The summed E-state index contributed by atoms with van der Waals surface area (Å²) in [5, 5.41) is 16.1. The summed E-state index contributed by atoms with van der Waals surface area (Å²) < 4.78 is 2.23. The summed E-state index contributed by atoms with van der Waals surface area (Å²) in [6, 6.07) is 16.7. The standard InChI is InChI=1S/C20H10Cl2N6O2/c21-13-9-11(19(29)27-17-7-3-1-5-15(17)23-25-27)12(10-14(13)22)20(30)28-18-8-4-2-6-16(18)24-26-28/h1-10H. The van der Waals surface area contributed by atoms with E-state index in [0.29, 0.717) is 22.1 Å². The molecule has 2 aromatic heterocycles. The fourth-order valence-corrected chi connectivity index (χ4v) is 3.49. The maximum atomic E-state index is 13.3. The number of hydrogen-bond donors (Lipinski definition) is 0. The average Bonchev–Trinajstić information content (AvgIpc) is 3.39. The van der Waals surface area contributed by atoms with Gasteiger partial charge in [0, 0.05) is 0 Å². The number of fused-ring (bicyclic) bond motifs is 2. The van der Waals surface area contributed by atoms with Crippen LogP contribution in [0.15, 0.2) is 60.7 Å². The Hall–Kier alpha value is -3.62. The number of halogens is 2. The fraction of sp³-hybridized carbons (Fsp3) is 0. The quantitative estimate of drug-likeness (QED) is 0.416. The highest BCUT2D eigenvalue weighted by Crippen LogP contribution is 2.28. The second kappa shape index (κ2) is 7.01. The smallest absolute Gasteiger partial charge is 0.267 e. The number of para-hydroxylation sites is 2. The predicted molar refractivity (Wildman–Crippen MR) is 111 cm³/mol. The summed E-state index contributed by atoms with van der Waals surface area (Å²) in [4.78, 5) is 26.6. The molecule has 0 atom stereocenters. The first kappa shape index (κ1) is 18.4. The number of benzene rings is 3. The van der Waals surface area contributed by atoms with Crippen LogP contribution in [0.25, 0.3) is 22.1 Å². The van der Waals surface area contributed by atoms with Crippen molar-refractivity contribution in [1.82, 2.24) is 30.0 Å². The summed E-state index contributed by atoms with van der Waals surface area (Å²) >= 11 is 12.3. The van der Waals surface area contributed by atoms with Crippen LogP contribution in [0.1, 0.15) is 20.7 Å². The van der Waals surface area contributed by atoms with E-state index >= 15 is 0 Å². The highest BCUT2D eigenvalue weighted by atomic mass is 35.5. The Kier molecular flexibility index (Phi) is 4.30. The lowest BCUT2D eigenvalue weighted by Gasteiger charge is -2.10. The van der Waals surface area contributed by atoms with Crippen LogP contribution >= 0.6 is 23.2 Å². The van der Waals surface area contributed by atoms with Gasteiger partial charge in [-0.3, -0.25) is 9.59 Å². The minimum absolute atomic E-state index is 0.0182. The van der Waals surface area contributed by atoms with Gasteiger partial charge in [-0.25, -0.2) is 0 Å². The van der Waals surface area contributed by atoms with Crippen LogP contribution < -0.4 is 0 Å². The predicted octanol–water partition coefficient (Wildman–Crippen LogP) is 3.86. The Morgan fingerprint density at radius 1 is 0.667 bits per heavy atom. The molecule has 5 aromatic rings. The molecule has 0 aliphatic carbocycles. The highest BCUT2D eigenvalue weighted by Gasteiger charge is 2.25. The van der Waals surface area contributed by atoms with Crippen LogP contribution in [0.5, 0.6) is 0 Å². The van der Waals surface area contributed by atoms with Crippen molar-refractivity contribution in [2.75, 3.05) is 0 Å². The van der Waals surface area contributed by atoms with E-state index in [1.54, 1.807) is 48.5 Å². The molecule has 3 aromatic carbocycles. The molecule has 30 heavy (non-hydrogen) atoms. The van der Waals surface area contributed by atoms with Crippen LogP contribution in [-0.2, 0) is 0 Å². The summed E-state index contributed by atoms with van der Waals surface area (Å²) in [5.74, 6) is -1.15. The second-order valence-corrected chi connectivity index (χ2v) is 7.22. The molecule has 0 saturated heterocycles. The Bertz CT molecular complexity index is 1360. The molecule has 0 aliphatic heterocycles. The molecular weight excluding hydrogens is 427 g/mol. The van der Waals surface area contributed by atoms with Crippen molar-refractivity contribution in [3.8, 4) is 0 Å². The Morgan fingerprint density at radius 2 is 1.07 bits per heavy atom. The zero-order valence-electron chi connectivity index (χ0n) is 15.0. The lowest BCUT2D eigenvalue weighted by Crippen LogP contribution is -2.21. The zero-order valence-corrected chi connectivity index (χ0v) is 16.5. The third-order valence-corrected chi connectivity index (χ3v) is 5.33. The molecule has 0 unspecified atom stereocenters. The Morgan fingerprint density at radius 3 is 1.50 bits per heavy atom. The van der Waals surface area contributed by atoms with Crippen molar-refractivity contribution in [1.29, 1.82) is 0 Å². The van der Waals surface area contributed by atoms with E-state index < -0.39 is 11.8 Å². The molecule has 146 valence electrons. The molecule has 0 radical (unpaired) electrons. The molecule has 2 heterocycles. The van der Waals surface area contributed by atoms with Gasteiger partial charge in [-0.05, 0) is 36.4 Å². The number of carbonyl (C=O) groups is 2. The average molecular weight is 437 g/mol. The van der Waals surface area contributed by atoms with Crippen LogP contribution in [0.4, 0.5) is 0 Å². The van der Waals surface area contributed by atoms with Crippen molar-refractivity contribution in [3.05, 3.63) is 81.8 Å². The molecule has 0 saturated carbocycles. The minimum atomic E-state index is -0.574. The third kappa shape index (κ3) is 2.85. The monoisotopic (exact) mass is 436 g/mol. The topological polar surface area (TPSA) is 95.6 Å². The first-order chi connectivity index (χ1) is 14.5. The first-order valence-corrected chi connectivity index (χ1v) is 9.49. The molecule has 0 N–H and O–H groups in total. The third-order valence-electron chi connectivity index (χ3n) is 4.61. The van der Waals surface area contributed by atoms with Gasteiger partial charge < -0.3 is 0 Å². The first-order valence-electron chi connectivity index (χ1n) is 8.74. The minimum Gasteiger partial charge on any atom is -0.267 e. The van der Waals surface area contributed by atoms with Gasteiger partial charge in [0.25, 0.3) is 11.8 Å². The van der Waals surface area contributed by atoms with Gasteiger partial charge in [-0.2, -0.15) is 9.36 Å². The Labute approximate surface area is 178 Å². The van der Waals surface area contributed by atoms with Crippen LogP contribution in [0.3, 0.4) is 0 Å². The van der Waals surface area contributed by atoms with Crippen LogP contribution in [-0.4, -0.2) is 41.8 Å². The number of aromatic nitrogens is 6. The van der Waals surface area contributed by atoms with Gasteiger partial charge in [-0.15, -0.1) is 10.2 Å². The molecule has 0 amide bonds. The maximum absolute atomic E-state index is 13.3. The molecule has 0 bridgehead atoms. The maximum Gasteiger partial charge on any atom is 0.281 e. The van der Waals surface area contributed by atoms with Gasteiger partial charge in [0.05, 0.1) is 32.2 Å². The van der Waals surface area contributed by atoms with Crippen molar-refractivity contribution in [2.24, 2.45) is 0 Å². The Balaban J connectivity index is 1.69. The number of rotatable bonds is 2. The molecule has 0 spiro atoms. The van der Waals surface area contributed by atoms with E-state index in [0.717, 1.165) is 9.36 Å². The van der Waals surface area contributed by atoms with Gasteiger partial charge in [0.15, 0.2) is 0 Å². The molecular formula is C20H10Cl2N6O2. The van der Waals surface area contributed by atoms with E-state index in [1.165, 1.54) is 12.1 Å². The fourth-order valence-electron chi connectivity index (χ4n) is 3.17. The summed E-state index contributed by atoms with van der Waals surface area (Å²) in [6.45, 7) is 0. The van der Waals surface area contributed by atoms with Crippen molar-refractivity contribution in [2.45, 2.75) is 0 Å². The number of hydrogen-bond acceptors (Lipinski definition) is 6. The molecule has 0 fully saturated rings. The zero-order chi connectivity index (χ0) is 20.8. The van der Waals surface area contributed by atoms with Crippen molar-refractivity contribution < 1.29 is 9.59 Å². The van der Waals surface area contributed by atoms with E-state index in [-0.39, 0.29) is 21.2 Å². The van der Waals surface area contributed by atoms with Crippen LogP contribution in [0, 0.1) is 0 Å². The van der Waals surface area contributed by atoms with Gasteiger partial charge in [0.1, 0.15) is 11.0 Å².